The lowest BCUT2D eigenvalue weighted by molar-refractivity contribution is -0.137. The van der Waals surface area contributed by atoms with E-state index in [1.165, 1.54) is 30.9 Å². The number of hydrogen-bond donors (Lipinski definition) is 3. The number of nitrogens with one attached hydrogen (secondary N) is 3. The molecule has 0 radical (unpaired) electrons. The van der Waals surface area contributed by atoms with Crippen molar-refractivity contribution in [2.45, 2.75) is 87.6 Å². The maximum absolute atomic E-state index is 13.0. The van der Waals surface area contributed by atoms with Crippen LogP contribution in [-0.4, -0.2) is 26.4 Å². The van der Waals surface area contributed by atoms with E-state index in [1.807, 2.05) is 0 Å². The van der Waals surface area contributed by atoms with Crippen molar-refractivity contribution >= 4 is 15.9 Å². The Hall–Kier alpha value is -2.43. The summed E-state index contributed by atoms with van der Waals surface area (Å²) in [4.78, 5) is 12.2. The van der Waals surface area contributed by atoms with Crippen LogP contribution in [0.25, 0.3) is 0 Å². The fraction of sp³-hybridized carbons (Fsp3) is 0.500. The van der Waals surface area contributed by atoms with E-state index in [4.69, 9.17) is 0 Å². The molecule has 2 aromatic carbocycles. The lowest BCUT2D eigenvalue weighted by Gasteiger charge is -2.28. The zero-order valence-corrected chi connectivity index (χ0v) is 21.2. The minimum absolute atomic E-state index is 0.134. The van der Waals surface area contributed by atoms with Gasteiger partial charge in [-0.2, -0.15) is 13.2 Å². The van der Waals surface area contributed by atoms with E-state index < -0.39 is 32.7 Å². The van der Waals surface area contributed by atoms with Crippen molar-refractivity contribution in [1.29, 1.82) is 0 Å². The van der Waals surface area contributed by atoms with Crippen LogP contribution in [0.15, 0.2) is 47.4 Å². The van der Waals surface area contributed by atoms with Gasteiger partial charge in [0, 0.05) is 24.5 Å². The van der Waals surface area contributed by atoms with Crippen LogP contribution in [0, 0.1) is 0 Å². The van der Waals surface area contributed by atoms with Crippen LogP contribution in [0.5, 0.6) is 0 Å². The standard InChI is InChI=1S/C26H32F3N3O3S/c1-16(32-36(34,35)22-7-4-6-20(15-22)26(27,28)29)13-25(33)31-24-8-3-5-19-14-18(9-12-23(19)24)17(2)30-21-10-11-21/h4,6-7,9,12,14-17,21,24,30,32H,3,5,8,10-11,13H2,1-2H3,(H,31,33)/t16-,17+,24?/m0/s1. The second kappa shape index (κ2) is 10.5. The average Bonchev–Trinajstić information content (AvgIpc) is 3.62. The lowest BCUT2D eigenvalue weighted by Crippen LogP contribution is -2.39. The van der Waals surface area contributed by atoms with Crippen molar-refractivity contribution in [3.63, 3.8) is 0 Å². The molecular formula is C26H32F3N3O3S. The van der Waals surface area contributed by atoms with Gasteiger partial charge < -0.3 is 10.6 Å². The van der Waals surface area contributed by atoms with E-state index >= 15 is 0 Å². The van der Waals surface area contributed by atoms with Gasteiger partial charge in [-0.05, 0) is 80.8 Å². The molecule has 1 fully saturated rings. The molecule has 1 amide bonds. The van der Waals surface area contributed by atoms with Crippen LogP contribution in [0.1, 0.15) is 80.3 Å². The minimum Gasteiger partial charge on any atom is -0.349 e. The first-order valence-electron chi connectivity index (χ1n) is 12.3. The number of sulfonamides is 1. The van der Waals surface area contributed by atoms with Gasteiger partial charge in [-0.1, -0.05) is 24.3 Å². The van der Waals surface area contributed by atoms with Crippen LogP contribution in [-0.2, 0) is 27.4 Å². The number of aryl methyl sites for hydroxylation is 1. The van der Waals surface area contributed by atoms with Crippen LogP contribution >= 0.6 is 0 Å². The zero-order chi connectivity index (χ0) is 26.1. The van der Waals surface area contributed by atoms with Gasteiger partial charge in [0.05, 0.1) is 16.5 Å². The van der Waals surface area contributed by atoms with Crippen molar-refractivity contribution in [1.82, 2.24) is 15.4 Å². The Balaban J connectivity index is 1.36. The summed E-state index contributed by atoms with van der Waals surface area (Å²) in [5.41, 5.74) is 2.47. The highest BCUT2D eigenvalue weighted by Gasteiger charge is 2.32. The van der Waals surface area contributed by atoms with Crippen molar-refractivity contribution < 1.29 is 26.4 Å². The topological polar surface area (TPSA) is 87.3 Å². The van der Waals surface area contributed by atoms with Crippen LogP contribution in [0.2, 0.25) is 0 Å². The Kier molecular flexibility index (Phi) is 7.78. The summed E-state index contributed by atoms with van der Waals surface area (Å²) < 4.78 is 66.4. The summed E-state index contributed by atoms with van der Waals surface area (Å²) in [6.07, 6.45) is 0.320. The first-order chi connectivity index (χ1) is 16.9. The Bertz CT molecular complexity index is 1210. The van der Waals surface area contributed by atoms with Crippen LogP contribution in [0.3, 0.4) is 0 Å². The molecule has 2 aliphatic carbocycles. The Labute approximate surface area is 210 Å². The first kappa shape index (κ1) is 26.6. The lowest BCUT2D eigenvalue weighted by atomic mass is 9.85. The fourth-order valence-corrected chi connectivity index (χ4v) is 5.99. The molecule has 2 aromatic rings. The summed E-state index contributed by atoms with van der Waals surface area (Å²) >= 11 is 0. The molecule has 0 aliphatic heterocycles. The van der Waals surface area contributed by atoms with Crippen molar-refractivity contribution in [3.05, 3.63) is 64.7 Å². The van der Waals surface area contributed by atoms with Crippen LogP contribution in [0.4, 0.5) is 13.2 Å². The molecule has 4 rings (SSSR count). The highest BCUT2D eigenvalue weighted by atomic mass is 32.2. The van der Waals surface area contributed by atoms with E-state index in [0.29, 0.717) is 12.1 Å². The number of rotatable bonds is 9. The molecular weight excluding hydrogens is 491 g/mol. The van der Waals surface area contributed by atoms with Crippen LogP contribution < -0.4 is 15.4 Å². The predicted molar refractivity (Wildman–Crippen MR) is 131 cm³/mol. The number of hydrogen-bond acceptors (Lipinski definition) is 4. The molecule has 0 saturated heterocycles. The molecule has 0 heterocycles. The van der Waals surface area contributed by atoms with Gasteiger partial charge in [0.2, 0.25) is 15.9 Å². The molecule has 196 valence electrons. The van der Waals surface area contributed by atoms with Gasteiger partial charge in [0.15, 0.2) is 0 Å². The molecule has 0 aromatic heterocycles. The highest BCUT2D eigenvalue weighted by molar-refractivity contribution is 7.89. The van der Waals surface area contributed by atoms with Gasteiger partial charge in [-0.15, -0.1) is 0 Å². The molecule has 3 N–H and O–H groups in total. The van der Waals surface area contributed by atoms with Gasteiger partial charge in [0.25, 0.3) is 0 Å². The maximum Gasteiger partial charge on any atom is 0.416 e. The molecule has 0 bridgehead atoms. The third kappa shape index (κ3) is 6.66. The number of halogens is 3. The minimum atomic E-state index is -4.65. The number of amides is 1. The van der Waals surface area contributed by atoms with Crippen molar-refractivity contribution in [2.24, 2.45) is 0 Å². The smallest absolute Gasteiger partial charge is 0.349 e. The quantitative estimate of drug-likeness (QED) is 0.442. The normalized spacial score (nSPS) is 19.9. The SMILES string of the molecule is C[C@@H](CC(=O)NC1CCCc2cc([C@@H](C)NC3CC3)ccc21)NS(=O)(=O)c1cccc(C(F)(F)F)c1. The number of benzene rings is 2. The monoisotopic (exact) mass is 523 g/mol. The molecule has 0 spiro atoms. The van der Waals surface area contributed by atoms with E-state index in [-0.39, 0.29) is 24.4 Å². The Morgan fingerprint density at radius 2 is 1.83 bits per heavy atom. The maximum atomic E-state index is 13.0. The van der Waals surface area contributed by atoms with Gasteiger partial charge in [0.1, 0.15) is 0 Å². The number of fused-ring (bicyclic) bond motifs is 1. The third-order valence-corrected chi connectivity index (χ3v) is 8.29. The molecule has 10 heteroatoms. The predicted octanol–water partition coefficient (Wildman–Crippen LogP) is 4.77. The summed E-state index contributed by atoms with van der Waals surface area (Å²) in [7, 11) is -4.22. The summed E-state index contributed by atoms with van der Waals surface area (Å²) in [5, 5.41) is 6.61. The van der Waals surface area contributed by atoms with E-state index in [1.54, 1.807) is 0 Å². The molecule has 1 unspecified atom stereocenters. The number of alkyl halides is 3. The molecule has 6 nitrogen and oxygen atoms in total. The van der Waals surface area contributed by atoms with Crippen molar-refractivity contribution in [3.8, 4) is 0 Å². The van der Waals surface area contributed by atoms with E-state index in [0.717, 1.165) is 43.0 Å². The summed E-state index contributed by atoms with van der Waals surface area (Å²) in [6, 6.07) is 9.82. The third-order valence-electron chi connectivity index (χ3n) is 6.70. The summed E-state index contributed by atoms with van der Waals surface area (Å²) in [5.74, 6) is -0.320. The second-order valence-corrected chi connectivity index (χ2v) is 11.6. The molecule has 36 heavy (non-hydrogen) atoms. The Morgan fingerprint density at radius 1 is 1.08 bits per heavy atom. The Morgan fingerprint density at radius 3 is 2.53 bits per heavy atom. The van der Waals surface area contributed by atoms with Gasteiger partial charge >= 0.3 is 6.18 Å². The van der Waals surface area contributed by atoms with Crippen molar-refractivity contribution in [2.75, 3.05) is 0 Å². The average molecular weight is 524 g/mol. The zero-order valence-electron chi connectivity index (χ0n) is 20.4. The first-order valence-corrected chi connectivity index (χ1v) is 13.8. The fourth-order valence-electron chi connectivity index (χ4n) is 4.70. The second-order valence-electron chi connectivity index (χ2n) is 9.89. The number of carbonyl (C=O) groups excluding carboxylic acids is 1. The molecule has 2 aliphatic rings. The molecule has 1 saturated carbocycles. The molecule has 3 atom stereocenters. The van der Waals surface area contributed by atoms with E-state index in [9.17, 15) is 26.4 Å². The van der Waals surface area contributed by atoms with Gasteiger partial charge in [-0.25, -0.2) is 13.1 Å². The number of carbonyl (C=O) groups is 1. The van der Waals surface area contributed by atoms with Gasteiger partial charge in [-0.3, -0.25) is 4.79 Å². The highest BCUT2D eigenvalue weighted by Crippen LogP contribution is 2.33. The largest absolute Gasteiger partial charge is 0.416 e. The summed E-state index contributed by atoms with van der Waals surface area (Å²) in [6.45, 7) is 3.67. The van der Waals surface area contributed by atoms with E-state index in [2.05, 4.69) is 40.5 Å².